The SMILES string of the molecule is CC(=O)Nc1ccc(NC(=O)CN)cc1. The minimum atomic E-state index is -0.248. The van der Waals surface area contributed by atoms with Crippen LogP contribution < -0.4 is 16.4 Å². The van der Waals surface area contributed by atoms with E-state index < -0.39 is 0 Å². The standard InChI is InChI=1S/C10H13N3O2/c1-7(14)12-8-2-4-9(5-3-8)13-10(15)6-11/h2-5H,6,11H2,1H3,(H,12,14)(H,13,15). The van der Waals surface area contributed by atoms with Crippen LogP contribution in [0.2, 0.25) is 0 Å². The third-order valence-corrected chi connectivity index (χ3v) is 1.67. The summed E-state index contributed by atoms with van der Waals surface area (Å²) in [5, 5.41) is 5.22. The summed E-state index contributed by atoms with van der Waals surface area (Å²) < 4.78 is 0. The van der Waals surface area contributed by atoms with E-state index in [0.717, 1.165) is 0 Å². The molecule has 2 amide bonds. The van der Waals surface area contributed by atoms with E-state index in [2.05, 4.69) is 10.6 Å². The van der Waals surface area contributed by atoms with E-state index >= 15 is 0 Å². The van der Waals surface area contributed by atoms with Gasteiger partial charge in [0.1, 0.15) is 0 Å². The van der Waals surface area contributed by atoms with Crippen LogP contribution in [0.3, 0.4) is 0 Å². The van der Waals surface area contributed by atoms with Crippen molar-refractivity contribution >= 4 is 23.2 Å². The Morgan fingerprint density at radius 1 is 1.13 bits per heavy atom. The van der Waals surface area contributed by atoms with Crippen LogP contribution in [0.1, 0.15) is 6.92 Å². The van der Waals surface area contributed by atoms with Crippen LogP contribution in [0, 0.1) is 0 Å². The average Bonchev–Trinajstić information content (AvgIpc) is 2.20. The van der Waals surface area contributed by atoms with Gasteiger partial charge in [-0.05, 0) is 24.3 Å². The maximum atomic E-state index is 10.9. The van der Waals surface area contributed by atoms with Crippen molar-refractivity contribution < 1.29 is 9.59 Å². The van der Waals surface area contributed by atoms with Crippen molar-refractivity contribution in [2.75, 3.05) is 17.2 Å². The zero-order valence-corrected chi connectivity index (χ0v) is 8.41. The predicted molar refractivity (Wildman–Crippen MR) is 58.4 cm³/mol. The van der Waals surface area contributed by atoms with Crippen LogP contribution in [-0.2, 0) is 9.59 Å². The molecule has 0 saturated heterocycles. The Kier molecular flexibility index (Phi) is 3.82. The number of rotatable bonds is 3. The smallest absolute Gasteiger partial charge is 0.238 e. The number of carbonyl (C=O) groups excluding carboxylic acids is 2. The van der Waals surface area contributed by atoms with Crippen LogP contribution >= 0.6 is 0 Å². The highest BCUT2D eigenvalue weighted by Gasteiger charge is 1.99. The molecule has 0 bridgehead atoms. The number of hydrogen-bond acceptors (Lipinski definition) is 3. The molecule has 1 rings (SSSR count). The summed E-state index contributed by atoms with van der Waals surface area (Å²) in [4.78, 5) is 21.7. The Balaban J connectivity index is 2.64. The molecule has 0 aliphatic carbocycles. The van der Waals surface area contributed by atoms with Gasteiger partial charge >= 0.3 is 0 Å². The molecule has 0 heterocycles. The Bertz CT molecular complexity index is 359. The number of nitrogens with two attached hydrogens (primary N) is 1. The number of anilines is 2. The Hall–Kier alpha value is -1.88. The first-order valence-electron chi connectivity index (χ1n) is 4.49. The quantitative estimate of drug-likeness (QED) is 0.676. The molecule has 0 aromatic heterocycles. The monoisotopic (exact) mass is 207 g/mol. The topological polar surface area (TPSA) is 84.2 Å². The van der Waals surface area contributed by atoms with Gasteiger partial charge < -0.3 is 16.4 Å². The third kappa shape index (κ3) is 3.78. The Morgan fingerprint density at radius 3 is 2.00 bits per heavy atom. The Labute approximate surface area is 87.7 Å². The lowest BCUT2D eigenvalue weighted by Crippen LogP contribution is -2.21. The highest BCUT2D eigenvalue weighted by molar-refractivity contribution is 5.93. The highest BCUT2D eigenvalue weighted by Crippen LogP contribution is 2.13. The summed E-state index contributed by atoms with van der Waals surface area (Å²) in [6, 6.07) is 6.79. The van der Waals surface area contributed by atoms with Crippen LogP contribution in [0.15, 0.2) is 24.3 Å². The third-order valence-electron chi connectivity index (χ3n) is 1.67. The maximum Gasteiger partial charge on any atom is 0.238 e. The van der Waals surface area contributed by atoms with Crippen LogP contribution in [0.5, 0.6) is 0 Å². The Morgan fingerprint density at radius 2 is 1.60 bits per heavy atom. The molecule has 0 atom stereocenters. The molecule has 4 N–H and O–H groups in total. The fraction of sp³-hybridized carbons (Fsp3) is 0.200. The van der Waals surface area contributed by atoms with Gasteiger partial charge in [-0.15, -0.1) is 0 Å². The molecule has 0 fully saturated rings. The number of carbonyl (C=O) groups is 2. The van der Waals surface area contributed by atoms with Gasteiger partial charge in [0.2, 0.25) is 11.8 Å². The van der Waals surface area contributed by atoms with Crippen LogP contribution in [0.25, 0.3) is 0 Å². The van der Waals surface area contributed by atoms with Gasteiger partial charge in [0, 0.05) is 18.3 Å². The molecule has 1 aromatic carbocycles. The second-order valence-electron chi connectivity index (χ2n) is 3.01. The predicted octanol–water partition coefficient (Wildman–Crippen LogP) is 0.542. The lowest BCUT2D eigenvalue weighted by atomic mass is 10.2. The highest BCUT2D eigenvalue weighted by atomic mass is 16.2. The second-order valence-corrected chi connectivity index (χ2v) is 3.01. The molecule has 0 saturated carbocycles. The lowest BCUT2D eigenvalue weighted by molar-refractivity contribution is -0.115. The molecule has 0 spiro atoms. The summed E-state index contributed by atoms with van der Waals surface area (Å²) >= 11 is 0. The molecular weight excluding hydrogens is 194 g/mol. The fourth-order valence-corrected chi connectivity index (χ4v) is 1.05. The second kappa shape index (κ2) is 5.11. The lowest BCUT2D eigenvalue weighted by Gasteiger charge is -2.05. The zero-order chi connectivity index (χ0) is 11.3. The van der Waals surface area contributed by atoms with E-state index in [-0.39, 0.29) is 18.4 Å². The van der Waals surface area contributed by atoms with Crippen molar-refractivity contribution in [3.05, 3.63) is 24.3 Å². The van der Waals surface area contributed by atoms with Gasteiger partial charge in [-0.3, -0.25) is 9.59 Å². The van der Waals surface area contributed by atoms with Crippen molar-refractivity contribution in [3.8, 4) is 0 Å². The van der Waals surface area contributed by atoms with Crippen molar-refractivity contribution in [1.82, 2.24) is 0 Å². The minimum absolute atomic E-state index is 0.0482. The van der Waals surface area contributed by atoms with Gasteiger partial charge in [0.15, 0.2) is 0 Å². The maximum absolute atomic E-state index is 10.9. The molecular formula is C10H13N3O2. The van der Waals surface area contributed by atoms with E-state index in [0.29, 0.717) is 11.4 Å². The average molecular weight is 207 g/mol. The van der Waals surface area contributed by atoms with Crippen molar-refractivity contribution in [1.29, 1.82) is 0 Å². The first kappa shape index (κ1) is 11.2. The summed E-state index contributed by atoms with van der Waals surface area (Å²) in [6.45, 7) is 1.39. The fourth-order valence-electron chi connectivity index (χ4n) is 1.05. The van der Waals surface area contributed by atoms with Gasteiger partial charge in [-0.1, -0.05) is 0 Å². The molecule has 80 valence electrons. The van der Waals surface area contributed by atoms with Gasteiger partial charge in [0.05, 0.1) is 6.54 Å². The zero-order valence-electron chi connectivity index (χ0n) is 8.41. The first-order valence-corrected chi connectivity index (χ1v) is 4.49. The molecule has 0 radical (unpaired) electrons. The number of nitrogens with one attached hydrogen (secondary N) is 2. The van der Waals surface area contributed by atoms with Crippen molar-refractivity contribution in [3.63, 3.8) is 0 Å². The summed E-state index contributed by atoms with van der Waals surface area (Å²) in [5.74, 6) is -0.379. The molecule has 0 aliphatic rings. The van der Waals surface area contributed by atoms with Gasteiger partial charge in [-0.25, -0.2) is 0 Å². The van der Waals surface area contributed by atoms with Crippen LogP contribution in [0.4, 0.5) is 11.4 Å². The van der Waals surface area contributed by atoms with E-state index in [1.54, 1.807) is 24.3 Å². The summed E-state index contributed by atoms with van der Waals surface area (Å²) in [7, 11) is 0. The van der Waals surface area contributed by atoms with Crippen molar-refractivity contribution in [2.24, 2.45) is 5.73 Å². The van der Waals surface area contributed by atoms with Crippen molar-refractivity contribution in [2.45, 2.75) is 6.92 Å². The normalized spacial score (nSPS) is 9.47. The summed E-state index contributed by atoms with van der Waals surface area (Å²) in [5.41, 5.74) is 6.49. The van der Waals surface area contributed by atoms with Gasteiger partial charge in [0.25, 0.3) is 0 Å². The molecule has 0 unspecified atom stereocenters. The molecule has 5 heteroatoms. The largest absolute Gasteiger partial charge is 0.326 e. The summed E-state index contributed by atoms with van der Waals surface area (Å²) in [6.07, 6.45) is 0. The molecule has 1 aromatic rings. The van der Waals surface area contributed by atoms with E-state index in [4.69, 9.17) is 5.73 Å². The number of amides is 2. The molecule has 15 heavy (non-hydrogen) atoms. The molecule has 5 nitrogen and oxygen atoms in total. The number of benzene rings is 1. The van der Waals surface area contributed by atoms with E-state index in [1.165, 1.54) is 6.92 Å². The van der Waals surface area contributed by atoms with Gasteiger partial charge in [-0.2, -0.15) is 0 Å². The minimum Gasteiger partial charge on any atom is -0.326 e. The van der Waals surface area contributed by atoms with Crippen LogP contribution in [-0.4, -0.2) is 18.4 Å². The number of hydrogen-bond donors (Lipinski definition) is 3. The first-order chi connectivity index (χ1) is 7.11. The molecule has 0 aliphatic heterocycles. The van der Waals surface area contributed by atoms with E-state index in [9.17, 15) is 9.59 Å². The van der Waals surface area contributed by atoms with E-state index in [1.807, 2.05) is 0 Å².